The zero-order valence-corrected chi connectivity index (χ0v) is 12.4. The van der Waals surface area contributed by atoms with Gasteiger partial charge in [0, 0.05) is 10.2 Å². The summed E-state index contributed by atoms with van der Waals surface area (Å²) in [6.45, 7) is 1.30. The number of benzene rings is 2. The van der Waals surface area contributed by atoms with E-state index < -0.39 is 0 Å². The fraction of sp³-hybridized carbons (Fsp3) is 0.200. The maximum absolute atomic E-state index is 5.83. The molecule has 0 saturated carbocycles. The largest absolute Gasteiger partial charge is 0.454 e. The topological polar surface area (TPSA) is 53.7 Å². The minimum absolute atomic E-state index is 0.288. The predicted octanol–water partition coefficient (Wildman–Crippen LogP) is 3.48. The molecule has 0 atom stereocenters. The van der Waals surface area contributed by atoms with E-state index in [2.05, 4.69) is 15.9 Å². The number of halogens is 1. The summed E-state index contributed by atoms with van der Waals surface area (Å²) >= 11 is 3.47. The van der Waals surface area contributed by atoms with Gasteiger partial charge in [0.05, 0.1) is 13.2 Å². The molecular formula is C15H14BrNO3. The van der Waals surface area contributed by atoms with Gasteiger partial charge in [0.15, 0.2) is 11.5 Å². The Hall–Kier alpha value is -1.72. The number of fused-ring (bicyclic) bond motifs is 1. The molecule has 2 aromatic carbocycles. The van der Waals surface area contributed by atoms with Crippen LogP contribution in [-0.2, 0) is 18.0 Å². The van der Waals surface area contributed by atoms with Crippen molar-refractivity contribution in [2.75, 3.05) is 12.5 Å². The Bertz CT molecular complexity index is 631. The summed E-state index contributed by atoms with van der Waals surface area (Å²) in [4.78, 5) is 0. The second-order valence-corrected chi connectivity index (χ2v) is 5.29. The van der Waals surface area contributed by atoms with Crippen molar-refractivity contribution in [2.45, 2.75) is 13.2 Å². The van der Waals surface area contributed by atoms with Crippen LogP contribution in [0.25, 0.3) is 0 Å². The van der Waals surface area contributed by atoms with Gasteiger partial charge in [-0.25, -0.2) is 0 Å². The Labute approximate surface area is 125 Å². The lowest BCUT2D eigenvalue weighted by atomic mass is 10.2. The number of anilines is 1. The molecule has 0 spiro atoms. The highest BCUT2D eigenvalue weighted by Gasteiger charge is 2.13. The standard InChI is InChI=1S/C15H14BrNO3/c16-15-11(2-1-3-12(15)17)8-18-7-10-4-5-13-14(6-10)20-9-19-13/h1-6H,7-9,17H2. The van der Waals surface area contributed by atoms with E-state index in [1.807, 2.05) is 36.4 Å². The molecule has 0 saturated heterocycles. The van der Waals surface area contributed by atoms with Crippen molar-refractivity contribution in [1.82, 2.24) is 0 Å². The number of rotatable bonds is 4. The average molecular weight is 336 g/mol. The lowest BCUT2D eigenvalue weighted by Gasteiger charge is -2.08. The van der Waals surface area contributed by atoms with Crippen LogP contribution >= 0.6 is 15.9 Å². The third-order valence-corrected chi connectivity index (χ3v) is 4.04. The highest BCUT2D eigenvalue weighted by Crippen LogP contribution is 2.32. The minimum atomic E-state index is 0.288. The molecule has 104 valence electrons. The monoisotopic (exact) mass is 335 g/mol. The van der Waals surface area contributed by atoms with Crippen molar-refractivity contribution >= 4 is 21.6 Å². The molecule has 0 unspecified atom stereocenters. The average Bonchev–Trinajstić information content (AvgIpc) is 2.91. The molecule has 20 heavy (non-hydrogen) atoms. The first-order valence-corrected chi connectivity index (χ1v) is 7.02. The van der Waals surface area contributed by atoms with Crippen LogP contribution in [-0.4, -0.2) is 6.79 Å². The van der Waals surface area contributed by atoms with E-state index in [1.165, 1.54) is 0 Å². The van der Waals surface area contributed by atoms with Gasteiger partial charge in [0.25, 0.3) is 0 Å². The second-order valence-electron chi connectivity index (χ2n) is 4.50. The normalized spacial score (nSPS) is 12.7. The van der Waals surface area contributed by atoms with Crippen LogP contribution in [0.3, 0.4) is 0 Å². The van der Waals surface area contributed by atoms with E-state index in [1.54, 1.807) is 0 Å². The zero-order chi connectivity index (χ0) is 13.9. The molecule has 0 amide bonds. The molecule has 5 heteroatoms. The third-order valence-electron chi connectivity index (χ3n) is 3.07. The molecule has 2 aromatic rings. The van der Waals surface area contributed by atoms with Crippen LogP contribution in [0.5, 0.6) is 11.5 Å². The maximum atomic E-state index is 5.83. The van der Waals surface area contributed by atoms with Gasteiger partial charge in [-0.2, -0.15) is 0 Å². The minimum Gasteiger partial charge on any atom is -0.454 e. The van der Waals surface area contributed by atoms with Crippen LogP contribution in [0.15, 0.2) is 40.9 Å². The van der Waals surface area contributed by atoms with Gasteiger partial charge in [0.2, 0.25) is 6.79 Å². The summed E-state index contributed by atoms with van der Waals surface area (Å²) in [5.41, 5.74) is 8.63. The molecule has 4 nitrogen and oxygen atoms in total. The number of ether oxygens (including phenoxy) is 3. The van der Waals surface area contributed by atoms with Gasteiger partial charge in [-0.3, -0.25) is 0 Å². The molecule has 0 radical (unpaired) electrons. The highest BCUT2D eigenvalue weighted by atomic mass is 79.9. The Kier molecular flexibility index (Phi) is 3.80. The van der Waals surface area contributed by atoms with Crippen LogP contribution < -0.4 is 15.2 Å². The van der Waals surface area contributed by atoms with Gasteiger partial charge < -0.3 is 19.9 Å². The van der Waals surface area contributed by atoms with Crippen LogP contribution in [0.1, 0.15) is 11.1 Å². The summed E-state index contributed by atoms with van der Waals surface area (Å²) in [5, 5.41) is 0. The van der Waals surface area contributed by atoms with E-state index >= 15 is 0 Å². The fourth-order valence-electron chi connectivity index (χ4n) is 2.02. The summed E-state index contributed by atoms with van der Waals surface area (Å²) < 4.78 is 17.2. The number of hydrogen-bond donors (Lipinski definition) is 1. The quantitative estimate of drug-likeness (QED) is 0.869. The van der Waals surface area contributed by atoms with Gasteiger partial charge in [0.1, 0.15) is 0 Å². The van der Waals surface area contributed by atoms with Crippen LogP contribution in [0.2, 0.25) is 0 Å². The van der Waals surface area contributed by atoms with Gasteiger partial charge in [-0.15, -0.1) is 0 Å². The van der Waals surface area contributed by atoms with E-state index in [9.17, 15) is 0 Å². The first kappa shape index (κ1) is 13.3. The molecule has 0 aliphatic carbocycles. The van der Waals surface area contributed by atoms with E-state index in [0.717, 1.165) is 27.1 Å². The summed E-state index contributed by atoms with van der Waals surface area (Å²) in [5.74, 6) is 1.56. The molecule has 1 aliphatic heterocycles. The predicted molar refractivity (Wildman–Crippen MR) is 79.6 cm³/mol. The molecule has 3 rings (SSSR count). The second kappa shape index (κ2) is 5.73. The Balaban J connectivity index is 1.61. The summed E-state index contributed by atoms with van der Waals surface area (Å²) in [6.07, 6.45) is 0. The lowest BCUT2D eigenvalue weighted by molar-refractivity contribution is 0.106. The van der Waals surface area contributed by atoms with Crippen molar-refractivity contribution < 1.29 is 14.2 Å². The number of hydrogen-bond acceptors (Lipinski definition) is 4. The van der Waals surface area contributed by atoms with Crippen molar-refractivity contribution in [3.63, 3.8) is 0 Å². The smallest absolute Gasteiger partial charge is 0.231 e. The van der Waals surface area contributed by atoms with Gasteiger partial charge in [-0.1, -0.05) is 18.2 Å². The Morgan fingerprint density at radius 1 is 1.10 bits per heavy atom. The summed E-state index contributed by atoms with van der Waals surface area (Å²) in [6, 6.07) is 11.6. The molecule has 0 bridgehead atoms. The van der Waals surface area contributed by atoms with E-state index in [0.29, 0.717) is 18.9 Å². The number of nitrogen functional groups attached to an aromatic ring is 1. The molecular weight excluding hydrogens is 322 g/mol. The fourth-order valence-corrected chi connectivity index (χ4v) is 2.40. The zero-order valence-electron chi connectivity index (χ0n) is 10.8. The van der Waals surface area contributed by atoms with Crippen LogP contribution in [0.4, 0.5) is 5.69 Å². The SMILES string of the molecule is Nc1cccc(COCc2ccc3c(c2)OCO3)c1Br. The number of nitrogens with two attached hydrogens (primary N) is 1. The van der Waals surface area contributed by atoms with Gasteiger partial charge >= 0.3 is 0 Å². The third kappa shape index (κ3) is 2.73. The Morgan fingerprint density at radius 3 is 2.85 bits per heavy atom. The molecule has 1 heterocycles. The van der Waals surface area contributed by atoms with Crippen LogP contribution in [0, 0.1) is 0 Å². The summed E-state index contributed by atoms with van der Waals surface area (Å²) in [7, 11) is 0. The Morgan fingerprint density at radius 2 is 1.95 bits per heavy atom. The first-order chi connectivity index (χ1) is 9.74. The molecule has 0 fully saturated rings. The maximum Gasteiger partial charge on any atom is 0.231 e. The lowest BCUT2D eigenvalue weighted by Crippen LogP contribution is -1.97. The van der Waals surface area contributed by atoms with Crippen molar-refractivity contribution in [1.29, 1.82) is 0 Å². The van der Waals surface area contributed by atoms with Crippen molar-refractivity contribution in [3.8, 4) is 11.5 Å². The van der Waals surface area contributed by atoms with Gasteiger partial charge in [-0.05, 0) is 45.3 Å². The highest BCUT2D eigenvalue weighted by molar-refractivity contribution is 9.10. The molecule has 1 aliphatic rings. The molecule has 2 N–H and O–H groups in total. The van der Waals surface area contributed by atoms with E-state index in [4.69, 9.17) is 19.9 Å². The first-order valence-electron chi connectivity index (χ1n) is 6.23. The van der Waals surface area contributed by atoms with Crippen molar-refractivity contribution in [2.24, 2.45) is 0 Å². The van der Waals surface area contributed by atoms with Crippen molar-refractivity contribution in [3.05, 3.63) is 52.0 Å². The van der Waals surface area contributed by atoms with E-state index in [-0.39, 0.29) is 6.79 Å². The molecule has 0 aromatic heterocycles.